The highest BCUT2D eigenvalue weighted by atomic mass is 35.5. The van der Waals surface area contributed by atoms with Crippen molar-refractivity contribution in [2.45, 2.75) is 32.1 Å². The summed E-state index contributed by atoms with van der Waals surface area (Å²) < 4.78 is 5.91. The van der Waals surface area contributed by atoms with Gasteiger partial charge >= 0.3 is 0 Å². The largest absolute Gasteiger partial charge is 0.465 e. The summed E-state index contributed by atoms with van der Waals surface area (Å²) in [5.74, 6) is 2.15. The maximum absolute atomic E-state index is 11.0. The normalized spacial score (nSPS) is 14.6. The second-order valence-electron chi connectivity index (χ2n) is 5.12. The maximum atomic E-state index is 11.0. The van der Waals surface area contributed by atoms with E-state index in [-0.39, 0.29) is 0 Å². The van der Waals surface area contributed by atoms with Crippen LogP contribution in [0.4, 0.5) is 0 Å². The number of aryl methyl sites for hydroxylation is 1. The van der Waals surface area contributed by atoms with Crippen LogP contribution in [0.15, 0.2) is 22.6 Å². The van der Waals surface area contributed by atoms with Crippen LogP contribution in [-0.2, 0) is 11.2 Å². The van der Waals surface area contributed by atoms with Gasteiger partial charge in [-0.15, -0.1) is 0 Å². The molecule has 0 N–H and O–H groups in total. The number of rotatable bonds is 4. The first-order valence-corrected chi connectivity index (χ1v) is 7.39. The molecule has 2 aromatic rings. The monoisotopic (exact) mass is 308 g/mol. The molecule has 1 aliphatic rings. The Labute approximate surface area is 127 Å². The van der Waals surface area contributed by atoms with Gasteiger partial charge in [-0.3, -0.25) is 0 Å². The summed E-state index contributed by atoms with van der Waals surface area (Å²) in [4.78, 5) is 11.0. The molecule has 0 atom stereocenters. The Morgan fingerprint density at radius 1 is 1.25 bits per heavy atom. The first-order valence-electron chi connectivity index (χ1n) is 6.63. The van der Waals surface area contributed by atoms with Crippen LogP contribution >= 0.6 is 23.2 Å². The van der Waals surface area contributed by atoms with E-state index < -0.39 is 0 Å². The summed E-state index contributed by atoms with van der Waals surface area (Å²) in [5, 5.41) is 1.16. The molecule has 0 radical (unpaired) electrons. The fourth-order valence-corrected chi connectivity index (χ4v) is 3.22. The fourth-order valence-electron chi connectivity index (χ4n) is 2.64. The van der Waals surface area contributed by atoms with Crippen molar-refractivity contribution in [2.75, 3.05) is 0 Å². The van der Waals surface area contributed by atoms with Gasteiger partial charge in [-0.25, -0.2) is 0 Å². The molecular weight excluding hydrogens is 295 g/mol. The number of hydrogen-bond acceptors (Lipinski definition) is 2. The molecule has 0 unspecified atom stereocenters. The first-order chi connectivity index (χ1) is 9.63. The lowest BCUT2D eigenvalue weighted by atomic mass is 9.97. The second-order valence-corrected chi connectivity index (χ2v) is 5.93. The summed E-state index contributed by atoms with van der Waals surface area (Å²) in [6.07, 6.45) is 3.48. The Balaban J connectivity index is 2.24. The zero-order chi connectivity index (χ0) is 14.3. The van der Waals surface area contributed by atoms with Crippen molar-refractivity contribution in [1.82, 2.24) is 0 Å². The Hall–Kier alpha value is -1.25. The highest BCUT2D eigenvalue weighted by Crippen LogP contribution is 2.48. The van der Waals surface area contributed by atoms with Crippen molar-refractivity contribution >= 4 is 29.5 Å². The van der Waals surface area contributed by atoms with Gasteiger partial charge in [-0.1, -0.05) is 29.3 Å². The van der Waals surface area contributed by atoms with Crippen LogP contribution in [0.2, 0.25) is 10.0 Å². The van der Waals surface area contributed by atoms with Crippen LogP contribution < -0.4 is 0 Å². The van der Waals surface area contributed by atoms with Gasteiger partial charge in [0.25, 0.3) is 0 Å². The van der Waals surface area contributed by atoms with E-state index in [9.17, 15) is 4.79 Å². The van der Waals surface area contributed by atoms with Crippen molar-refractivity contribution in [2.24, 2.45) is 0 Å². The van der Waals surface area contributed by atoms with E-state index in [0.717, 1.165) is 47.3 Å². The number of benzene rings is 1. The van der Waals surface area contributed by atoms with E-state index in [2.05, 4.69) is 0 Å². The van der Waals surface area contributed by atoms with Crippen LogP contribution in [0.1, 0.15) is 35.8 Å². The number of furan rings is 1. The highest BCUT2D eigenvalue weighted by Gasteiger charge is 2.33. The van der Waals surface area contributed by atoms with E-state index in [4.69, 9.17) is 27.6 Å². The summed E-state index contributed by atoms with van der Waals surface area (Å²) in [7, 11) is 0. The van der Waals surface area contributed by atoms with Crippen molar-refractivity contribution in [3.8, 4) is 11.1 Å². The molecule has 1 fully saturated rings. The van der Waals surface area contributed by atoms with Gasteiger partial charge in [0.15, 0.2) is 0 Å². The summed E-state index contributed by atoms with van der Waals surface area (Å²) in [6, 6.07) is 5.41. The number of carbonyl (C=O) groups is 1. The molecule has 1 aromatic heterocycles. The minimum atomic E-state index is 0.333. The number of hydrogen-bond donors (Lipinski definition) is 0. The van der Waals surface area contributed by atoms with Crippen molar-refractivity contribution in [3.63, 3.8) is 0 Å². The van der Waals surface area contributed by atoms with Crippen LogP contribution in [0.3, 0.4) is 0 Å². The van der Waals surface area contributed by atoms with Crippen LogP contribution in [0, 0.1) is 6.92 Å². The van der Waals surface area contributed by atoms with E-state index in [1.54, 1.807) is 12.1 Å². The molecule has 1 saturated carbocycles. The van der Waals surface area contributed by atoms with E-state index in [0.29, 0.717) is 22.4 Å². The van der Waals surface area contributed by atoms with Gasteiger partial charge in [0, 0.05) is 29.0 Å². The lowest BCUT2D eigenvalue weighted by molar-refractivity contribution is -0.107. The average molecular weight is 309 g/mol. The van der Waals surface area contributed by atoms with Gasteiger partial charge in [0.2, 0.25) is 0 Å². The molecule has 0 spiro atoms. The molecular formula is C16H14Cl2O2. The predicted molar refractivity (Wildman–Crippen MR) is 80.6 cm³/mol. The fraction of sp³-hybridized carbons (Fsp3) is 0.312. The number of carbonyl (C=O) groups excluding carboxylic acids is 1. The molecule has 1 heterocycles. The Kier molecular flexibility index (Phi) is 3.61. The van der Waals surface area contributed by atoms with Crippen LogP contribution in [0.25, 0.3) is 11.1 Å². The highest BCUT2D eigenvalue weighted by molar-refractivity contribution is 6.39. The zero-order valence-corrected chi connectivity index (χ0v) is 12.6. The minimum absolute atomic E-state index is 0.333. The smallest absolute Gasteiger partial charge is 0.124 e. The average Bonchev–Trinajstić information content (AvgIpc) is 3.19. The maximum Gasteiger partial charge on any atom is 0.124 e. The number of aldehydes is 1. The molecule has 0 saturated heterocycles. The molecule has 0 bridgehead atoms. The van der Waals surface area contributed by atoms with E-state index >= 15 is 0 Å². The third-order valence-corrected chi connectivity index (χ3v) is 4.29. The van der Waals surface area contributed by atoms with Gasteiger partial charge in [0.1, 0.15) is 17.8 Å². The quantitative estimate of drug-likeness (QED) is 0.728. The molecule has 2 nitrogen and oxygen atoms in total. The van der Waals surface area contributed by atoms with Crippen LogP contribution in [0.5, 0.6) is 0 Å². The summed E-state index contributed by atoms with van der Waals surface area (Å²) in [5.41, 5.74) is 2.59. The SMILES string of the molecule is Cc1oc(C2CC2)c(CC=O)c1-c1c(Cl)cccc1Cl. The molecule has 1 aliphatic carbocycles. The first kappa shape index (κ1) is 13.7. The zero-order valence-electron chi connectivity index (χ0n) is 11.1. The van der Waals surface area contributed by atoms with Crippen molar-refractivity contribution in [1.29, 1.82) is 0 Å². The van der Waals surface area contributed by atoms with Crippen molar-refractivity contribution in [3.05, 3.63) is 45.3 Å². The molecule has 104 valence electrons. The van der Waals surface area contributed by atoms with Gasteiger partial charge in [-0.05, 0) is 31.9 Å². The molecule has 20 heavy (non-hydrogen) atoms. The molecule has 0 aliphatic heterocycles. The molecule has 1 aromatic carbocycles. The third-order valence-electron chi connectivity index (χ3n) is 3.66. The van der Waals surface area contributed by atoms with Gasteiger partial charge in [-0.2, -0.15) is 0 Å². The number of halogens is 2. The van der Waals surface area contributed by atoms with Crippen molar-refractivity contribution < 1.29 is 9.21 Å². The molecule has 0 amide bonds. The summed E-state index contributed by atoms with van der Waals surface area (Å²) in [6.45, 7) is 1.90. The molecule has 4 heteroatoms. The van der Waals surface area contributed by atoms with E-state index in [1.165, 1.54) is 0 Å². The lowest BCUT2D eigenvalue weighted by Gasteiger charge is -2.08. The van der Waals surface area contributed by atoms with E-state index in [1.807, 2.05) is 13.0 Å². The van der Waals surface area contributed by atoms with Gasteiger partial charge in [0.05, 0.1) is 10.0 Å². The summed E-state index contributed by atoms with van der Waals surface area (Å²) >= 11 is 12.6. The second kappa shape index (κ2) is 5.27. The Bertz CT molecular complexity index is 649. The lowest BCUT2D eigenvalue weighted by Crippen LogP contribution is -1.93. The van der Waals surface area contributed by atoms with Crippen LogP contribution in [-0.4, -0.2) is 6.29 Å². The topological polar surface area (TPSA) is 30.2 Å². The standard InChI is InChI=1S/C16H14Cl2O2/c1-9-14(15-12(17)3-2-4-13(15)18)11(7-8-19)16(20-9)10-5-6-10/h2-4,8,10H,5-7H2,1H3. The predicted octanol–water partition coefficient (Wildman–Crippen LogP) is 5.18. The minimum Gasteiger partial charge on any atom is -0.465 e. The Morgan fingerprint density at radius 3 is 2.45 bits per heavy atom. The molecule has 3 rings (SSSR count). The van der Waals surface area contributed by atoms with Gasteiger partial charge < -0.3 is 9.21 Å². The third kappa shape index (κ3) is 2.27. The Morgan fingerprint density at radius 2 is 1.90 bits per heavy atom.